The molecule has 0 amide bonds. The van der Waals surface area contributed by atoms with Crippen molar-refractivity contribution < 1.29 is 24.6 Å². The number of aromatic carboxylic acids is 1. The molecule has 5 heterocycles. The van der Waals surface area contributed by atoms with Crippen molar-refractivity contribution in [1.29, 1.82) is 0 Å². The Morgan fingerprint density at radius 3 is 1.85 bits per heavy atom. The lowest BCUT2D eigenvalue weighted by Crippen LogP contribution is -1.99. The van der Waals surface area contributed by atoms with E-state index < -0.39 is 11.9 Å². The average molecular weight is 543 g/mol. The second-order valence-corrected chi connectivity index (χ2v) is 12.6. The van der Waals surface area contributed by atoms with Gasteiger partial charge in [0.25, 0.3) is 0 Å². The topological polar surface area (TPSA) is 91.7 Å². The number of carbonyl (C=O) groups excluding carboxylic acids is 1. The van der Waals surface area contributed by atoms with E-state index in [-0.39, 0.29) is 11.3 Å². The molecule has 5 aromatic rings. The first-order valence-electron chi connectivity index (χ1n) is 9.85. The van der Waals surface area contributed by atoms with E-state index in [1.165, 1.54) is 34.0 Å². The summed E-state index contributed by atoms with van der Waals surface area (Å²) in [7, 11) is 0. The quantitative estimate of drug-likeness (QED) is 0.195. The Labute approximate surface area is 213 Å². The van der Waals surface area contributed by atoms with E-state index in [1.807, 2.05) is 42.5 Å². The van der Waals surface area contributed by atoms with Gasteiger partial charge in [-0.25, -0.2) is 4.79 Å². The second kappa shape index (κ2) is 9.40. The Hall–Kier alpha value is -2.89. The third-order valence-electron chi connectivity index (χ3n) is 4.87. The number of aldehydes is 1. The van der Waals surface area contributed by atoms with Gasteiger partial charge >= 0.3 is 11.9 Å². The Balaban J connectivity index is 1.49. The molecule has 0 atom stereocenters. The van der Waals surface area contributed by atoms with Crippen molar-refractivity contribution in [1.82, 2.24) is 0 Å². The number of thiophene rings is 5. The van der Waals surface area contributed by atoms with Crippen LogP contribution in [0.1, 0.15) is 24.9 Å². The Bertz CT molecular complexity index is 1530. The van der Waals surface area contributed by atoms with Crippen molar-refractivity contribution in [3.63, 3.8) is 0 Å². The molecule has 0 aliphatic carbocycles. The van der Waals surface area contributed by atoms with Gasteiger partial charge in [0.05, 0.1) is 11.3 Å². The monoisotopic (exact) mass is 542 g/mol. The number of carboxylic acids is 2. The normalized spacial score (nSPS) is 11.1. The number of aliphatic carboxylic acids is 1. The SMILES string of the molecule is O=Cc1ccc(-c2ccc(-c3cc(CC(=O)O)c(-c4ccc(-c5ccc(C(=O)O)s5)s4)s3)s2)s1. The van der Waals surface area contributed by atoms with Crippen molar-refractivity contribution in [3.8, 4) is 39.0 Å². The molecule has 0 aromatic carbocycles. The number of carboxylic acid groups (broad SMARTS) is 2. The maximum atomic E-state index is 11.5. The third kappa shape index (κ3) is 4.55. The molecule has 5 nitrogen and oxygen atoms in total. The standard InChI is InChI=1S/C24H14O5S5/c25-11-13-1-2-14(30-13)15-3-4-18(31-15)21-9-12(10-22(26)27)23(34-21)19-7-5-16(32-19)17-6-8-20(33-17)24(28)29/h1-9,11H,10H2,(H,26,27)(H,28,29). The molecule has 0 spiro atoms. The van der Waals surface area contributed by atoms with Gasteiger partial charge in [0, 0.05) is 39.0 Å². The van der Waals surface area contributed by atoms with Crippen LogP contribution in [0.15, 0.2) is 54.6 Å². The van der Waals surface area contributed by atoms with Crippen LogP contribution in [0.5, 0.6) is 0 Å². The highest BCUT2D eigenvalue weighted by Crippen LogP contribution is 2.46. The molecule has 170 valence electrons. The fraction of sp³-hybridized carbons (Fsp3) is 0.0417. The molecule has 0 saturated heterocycles. The lowest BCUT2D eigenvalue weighted by atomic mass is 10.1. The van der Waals surface area contributed by atoms with Crippen molar-refractivity contribution >= 4 is 74.9 Å². The van der Waals surface area contributed by atoms with Gasteiger partial charge in [-0.2, -0.15) is 0 Å². The van der Waals surface area contributed by atoms with E-state index in [1.54, 1.807) is 34.8 Å². The number of hydrogen-bond acceptors (Lipinski definition) is 8. The summed E-state index contributed by atoms with van der Waals surface area (Å²) in [5.41, 5.74) is 0.757. The average Bonchev–Trinajstić information content (AvgIpc) is 3.62. The fourth-order valence-corrected chi connectivity index (χ4v) is 8.65. The molecule has 0 saturated carbocycles. The second-order valence-electron chi connectivity index (χ2n) is 7.15. The summed E-state index contributed by atoms with van der Waals surface area (Å²) >= 11 is 7.37. The van der Waals surface area contributed by atoms with Crippen LogP contribution < -0.4 is 0 Å². The van der Waals surface area contributed by atoms with Crippen LogP contribution in [-0.4, -0.2) is 28.4 Å². The molecule has 5 rings (SSSR count). The summed E-state index contributed by atoms with van der Waals surface area (Å²) in [6.45, 7) is 0. The first-order valence-corrected chi connectivity index (χ1v) is 13.9. The first kappa shape index (κ1) is 22.9. The zero-order chi connectivity index (χ0) is 23.8. The Kier molecular flexibility index (Phi) is 6.32. The van der Waals surface area contributed by atoms with Crippen LogP contribution >= 0.6 is 56.7 Å². The van der Waals surface area contributed by atoms with E-state index in [0.717, 1.165) is 50.9 Å². The maximum Gasteiger partial charge on any atom is 0.345 e. The van der Waals surface area contributed by atoms with E-state index in [9.17, 15) is 24.6 Å². The zero-order valence-corrected chi connectivity index (χ0v) is 21.2. The highest BCUT2D eigenvalue weighted by atomic mass is 32.1. The highest BCUT2D eigenvalue weighted by Gasteiger charge is 2.19. The third-order valence-corrected chi connectivity index (χ3v) is 11.1. The molecule has 0 aliphatic heterocycles. The van der Waals surface area contributed by atoms with Crippen LogP contribution in [0, 0.1) is 0 Å². The van der Waals surface area contributed by atoms with Crippen molar-refractivity contribution in [2.24, 2.45) is 0 Å². The van der Waals surface area contributed by atoms with Gasteiger partial charge in [-0.1, -0.05) is 0 Å². The van der Waals surface area contributed by atoms with Crippen molar-refractivity contribution in [2.45, 2.75) is 6.42 Å². The van der Waals surface area contributed by atoms with E-state index >= 15 is 0 Å². The minimum absolute atomic E-state index is 0.0763. The van der Waals surface area contributed by atoms with Crippen LogP contribution in [0.25, 0.3) is 39.0 Å². The van der Waals surface area contributed by atoms with E-state index in [4.69, 9.17) is 0 Å². The molecule has 0 fully saturated rings. The summed E-state index contributed by atoms with van der Waals surface area (Å²) in [5.74, 6) is -1.83. The van der Waals surface area contributed by atoms with Gasteiger partial charge < -0.3 is 10.2 Å². The lowest BCUT2D eigenvalue weighted by molar-refractivity contribution is -0.136. The molecule has 2 N–H and O–H groups in total. The molecule has 10 heteroatoms. The van der Waals surface area contributed by atoms with Gasteiger partial charge in [-0.05, 0) is 60.2 Å². The number of rotatable bonds is 8. The molecule has 0 unspecified atom stereocenters. The van der Waals surface area contributed by atoms with Gasteiger partial charge in [-0.3, -0.25) is 9.59 Å². The molecular weight excluding hydrogens is 529 g/mol. The molecule has 0 radical (unpaired) electrons. The molecule has 5 aromatic heterocycles. The van der Waals surface area contributed by atoms with Crippen molar-refractivity contribution in [2.75, 3.05) is 0 Å². The summed E-state index contributed by atoms with van der Waals surface area (Å²) in [6, 6.07) is 17.1. The molecule has 0 aliphatic rings. The predicted octanol–water partition coefficient (Wildman–Crippen LogP) is 7.80. The minimum atomic E-state index is -0.945. The largest absolute Gasteiger partial charge is 0.481 e. The van der Waals surface area contributed by atoms with Crippen molar-refractivity contribution in [3.05, 3.63) is 69.9 Å². The van der Waals surface area contributed by atoms with E-state index in [2.05, 4.69) is 0 Å². The number of hydrogen-bond donors (Lipinski definition) is 2. The van der Waals surface area contributed by atoms with Crippen LogP contribution in [0.4, 0.5) is 0 Å². The molecule has 34 heavy (non-hydrogen) atoms. The zero-order valence-electron chi connectivity index (χ0n) is 17.1. The molecular formula is C24H14O5S5. The van der Waals surface area contributed by atoms with Gasteiger partial charge in [0.15, 0.2) is 6.29 Å². The van der Waals surface area contributed by atoms with Gasteiger partial charge in [-0.15, -0.1) is 56.7 Å². The first-order chi connectivity index (χ1) is 16.4. The summed E-state index contributed by atoms with van der Waals surface area (Å²) in [4.78, 5) is 42.6. The lowest BCUT2D eigenvalue weighted by Gasteiger charge is -1.97. The highest BCUT2D eigenvalue weighted by molar-refractivity contribution is 7.30. The smallest absolute Gasteiger partial charge is 0.345 e. The van der Waals surface area contributed by atoms with Crippen LogP contribution in [0.2, 0.25) is 0 Å². The summed E-state index contributed by atoms with van der Waals surface area (Å²) in [5, 5.41) is 18.7. The summed E-state index contributed by atoms with van der Waals surface area (Å²) in [6.07, 6.45) is 0.771. The maximum absolute atomic E-state index is 11.5. The number of carbonyl (C=O) groups is 3. The van der Waals surface area contributed by atoms with Crippen LogP contribution in [-0.2, 0) is 11.2 Å². The predicted molar refractivity (Wildman–Crippen MR) is 141 cm³/mol. The van der Waals surface area contributed by atoms with Gasteiger partial charge in [0.1, 0.15) is 4.88 Å². The van der Waals surface area contributed by atoms with Gasteiger partial charge in [0.2, 0.25) is 0 Å². The fourth-order valence-electron chi connectivity index (χ4n) is 3.38. The van der Waals surface area contributed by atoms with Crippen LogP contribution in [0.3, 0.4) is 0 Å². The Morgan fingerprint density at radius 2 is 1.24 bits per heavy atom. The van der Waals surface area contributed by atoms with E-state index in [0.29, 0.717) is 4.88 Å². The minimum Gasteiger partial charge on any atom is -0.481 e. The Morgan fingerprint density at radius 1 is 0.676 bits per heavy atom. The summed E-state index contributed by atoms with van der Waals surface area (Å²) < 4.78 is 0. The molecule has 0 bridgehead atoms.